The Balaban J connectivity index is 1.97. The third kappa shape index (κ3) is 2.65. The number of hydrogen-bond donors (Lipinski definition) is 1. The van der Waals surface area contributed by atoms with Crippen molar-refractivity contribution in [1.82, 2.24) is 10.3 Å². The molecule has 2 aromatic rings. The molecule has 1 N–H and O–H groups in total. The lowest BCUT2D eigenvalue weighted by Gasteiger charge is -2.30. The first-order valence-electron chi connectivity index (χ1n) is 6.82. The molecule has 0 fully saturated rings. The Hall–Kier alpha value is -1.88. The molecule has 1 aliphatic heterocycles. The van der Waals surface area contributed by atoms with Gasteiger partial charge in [0.05, 0.1) is 17.3 Å². The second kappa shape index (κ2) is 5.15. The largest absolute Gasteiger partial charge is 0.416 e. The third-order valence-corrected chi connectivity index (χ3v) is 3.88. The van der Waals surface area contributed by atoms with Crippen LogP contribution in [0.3, 0.4) is 0 Å². The summed E-state index contributed by atoms with van der Waals surface area (Å²) < 4.78 is 37.9. The van der Waals surface area contributed by atoms with Crippen molar-refractivity contribution in [2.24, 2.45) is 0 Å². The van der Waals surface area contributed by atoms with Crippen LogP contribution in [0.1, 0.15) is 41.3 Å². The van der Waals surface area contributed by atoms with E-state index in [0.717, 1.165) is 35.5 Å². The van der Waals surface area contributed by atoms with Gasteiger partial charge in [-0.25, -0.2) is 0 Å². The lowest BCUT2D eigenvalue weighted by Crippen LogP contribution is -2.33. The number of alkyl halides is 3. The van der Waals surface area contributed by atoms with Gasteiger partial charge in [-0.2, -0.15) is 13.2 Å². The first-order chi connectivity index (χ1) is 9.97. The maximum Gasteiger partial charge on any atom is 0.416 e. The van der Waals surface area contributed by atoms with Gasteiger partial charge in [0, 0.05) is 12.7 Å². The molecule has 0 radical (unpaired) electrons. The molecule has 21 heavy (non-hydrogen) atoms. The molecular weight excluding hydrogens is 277 g/mol. The Morgan fingerprint density at radius 2 is 1.86 bits per heavy atom. The van der Waals surface area contributed by atoms with Crippen molar-refractivity contribution in [2.75, 3.05) is 6.54 Å². The monoisotopic (exact) mass is 292 g/mol. The number of pyridine rings is 1. The van der Waals surface area contributed by atoms with Crippen LogP contribution in [-0.2, 0) is 6.18 Å². The summed E-state index contributed by atoms with van der Waals surface area (Å²) >= 11 is 0. The van der Waals surface area contributed by atoms with Crippen LogP contribution in [0, 0.1) is 0 Å². The number of fused-ring (bicyclic) bond motifs is 1. The van der Waals surface area contributed by atoms with Gasteiger partial charge in [-0.3, -0.25) is 4.98 Å². The third-order valence-electron chi connectivity index (χ3n) is 3.88. The van der Waals surface area contributed by atoms with E-state index >= 15 is 0 Å². The molecule has 110 valence electrons. The summed E-state index contributed by atoms with van der Waals surface area (Å²) in [5, 5.41) is 3.36. The molecule has 5 heteroatoms. The molecule has 0 unspecified atom stereocenters. The van der Waals surface area contributed by atoms with E-state index in [1.807, 2.05) is 12.1 Å². The van der Waals surface area contributed by atoms with Gasteiger partial charge >= 0.3 is 6.18 Å². The fraction of sp³-hybridized carbons (Fsp3) is 0.312. The molecule has 1 aromatic heterocycles. The van der Waals surface area contributed by atoms with Crippen molar-refractivity contribution in [3.05, 3.63) is 65.0 Å². The maximum atomic E-state index is 12.6. The topological polar surface area (TPSA) is 24.9 Å². The van der Waals surface area contributed by atoms with Gasteiger partial charge in [-0.05, 0) is 35.2 Å². The van der Waals surface area contributed by atoms with E-state index in [0.29, 0.717) is 5.92 Å². The van der Waals surface area contributed by atoms with Crippen LogP contribution in [-0.4, -0.2) is 11.5 Å². The number of benzene rings is 1. The van der Waals surface area contributed by atoms with Crippen LogP contribution in [0.5, 0.6) is 0 Å². The van der Waals surface area contributed by atoms with Crippen molar-refractivity contribution in [3.63, 3.8) is 0 Å². The molecule has 1 aliphatic rings. The molecule has 0 bridgehead atoms. The highest BCUT2D eigenvalue weighted by Gasteiger charge is 2.31. The molecule has 0 amide bonds. The van der Waals surface area contributed by atoms with Crippen molar-refractivity contribution >= 4 is 0 Å². The first kappa shape index (κ1) is 14.1. The van der Waals surface area contributed by atoms with Gasteiger partial charge in [0.25, 0.3) is 0 Å². The zero-order chi connectivity index (χ0) is 15.0. The highest BCUT2D eigenvalue weighted by molar-refractivity contribution is 5.38. The summed E-state index contributed by atoms with van der Waals surface area (Å²) in [6.07, 6.45) is -2.58. The smallest absolute Gasteiger partial charge is 0.304 e. The number of nitrogens with zero attached hydrogens (tertiary/aromatic N) is 1. The number of halogens is 3. The van der Waals surface area contributed by atoms with Crippen LogP contribution < -0.4 is 5.32 Å². The Morgan fingerprint density at radius 1 is 1.14 bits per heavy atom. The molecule has 0 saturated heterocycles. The first-order valence-corrected chi connectivity index (χ1v) is 6.82. The van der Waals surface area contributed by atoms with Crippen LogP contribution in [0.4, 0.5) is 13.2 Å². The fourth-order valence-electron chi connectivity index (χ4n) is 2.73. The van der Waals surface area contributed by atoms with Crippen LogP contribution >= 0.6 is 0 Å². The van der Waals surface area contributed by atoms with Crippen molar-refractivity contribution in [1.29, 1.82) is 0 Å². The average Bonchev–Trinajstić information content (AvgIpc) is 2.47. The minimum atomic E-state index is -4.30. The zero-order valence-corrected chi connectivity index (χ0v) is 11.5. The Kier molecular flexibility index (Phi) is 3.45. The van der Waals surface area contributed by atoms with Gasteiger partial charge in [-0.15, -0.1) is 0 Å². The number of aromatic nitrogens is 1. The predicted octanol–water partition coefficient (Wildman–Crippen LogP) is 3.90. The predicted molar refractivity (Wildman–Crippen MR) is 73.9 cm³/mol. The van der Waals surface area contributed by atoms with Crippen LogP contribution in [0.25, 0.3) is 0 Å². The molecule has 1 aromatic carbocycles. The van der Waals surface area contributed by atoms with E-state index in [-0.39, 0.29) is 6.04 Å². The standard InChI is InChI=1S/C16H15F3N2/c1-10-9-21-14(15-13(10)3-2-8-20-15)11-4-6-12(7-5-11)16(17,18)19/h2-8,10,14,21H,9H2,1H3/t10-,14-/m1/s1. The summed E-state index contributed by atoms with van der Waals surface area (Å²) in [5.74, 6) is 0.347. The van der Waals surface area contributed by atoms with E-state index in [9.17, 15) is 13.2 Å². The average molecular weight is 292 g/mol. The van der Waals surface area contributed by atoms with Crippen LogP contribution in [0.2, 0.25) is 0 Å². The summed E-state index contributed by atoms with van der Waals surface area (Å²) in [6.45, 7) is 2.89. The normalized spacial score (nSPS) is 21.9. The second-order valence-corrected chi connectivity index (χ2v) is 5.34. The molecule has 0 aliphatic carbocycles. The molecular formula is C16H15F3N2. The molecule has 2 heterocycles. The van der Waals surface area contributed by atoms with Gasteiger partial charge in [0.2, 0.25) is 0 Å². The fourth-order valence-corrected chi connectivity index (χ4v) is 2.73. The van der Waals surface area contributed by atoms with Crippen molar-refractivity contribution in [2.45, 2.75) is 25.1 Å². The Bertz CT molecular complexity index is 635. The number of hydrogen-bond acceptors (Lipinski definition) is 2. The van der Waals surface area contributed by atoms with Crippen molar-refractivity contribution in [3.8, 4) is 0 Å². The van der Waals surface area contributed by atoms with E-state index in [1.54, 1.807) is 6.20 Å². The van der Waals surface area contributed by atoms with E-state index in [2.05, 4.69) is 17.2 Å². The van der Waals surface area contributed by atoms with Gasteiger partial charge < -0.3 is 5.32 Å². The Morgan fingerprint density at radius 3 is 2.52 bits per heavy atom. The lowest BCUT2D eigenvalue weighted by molar-refractivity contribution is -0.137. The zero-order valence-electron chi connectivity index (χ0n) is 11.5. The molecule has 2 nitrogen and oxygen atoms in total. The van der Waals surface area contributed by atoms with E-state index in [4.69, 9.17) is 0 Å². The molecule has 0 saturated carbocycles. The molecule has 0 spiro atoms. The summed E-state index contributed by atoms with van der Waals surface area (Å²) in [7, 11) is 0. The van der Waals surface area contributed by atoms with Gasteiger partial charge in [0.1, 0.15) is 0 Å². The molecule has 2 atom stereocenters. The number of rotatable bonds is 1. The minimum absolute atomic E-state index is 0.153. The summed E-state index contributed by atoms with van der Waals surface area (Å²) in [5.41, 5.74) is 2.23. The summed E-state index contributed by atoms with van der Waals surface area (Å²) in [4.78, 5) is 4.41. The van der Waals surface area contributed by atoms with Crippen LogP contribution in [0.15, 0.2) is 42.6 Å². The quantitative estimate of drug-likeness (QED) is 0.862. The van der Waals surface area contributed by atoms with Crippen molar-refractivity contribution < 1.29 is 13.2 Å². The highest BCUT2D eigenvalue weighted by Crippen LogP contribution is 2.34. The van der Waals surface area contributed by atoms with Gasteiger partial charge in [-0.1, -0.05) is 25.1 Å². The van der Waals surface area contributed by atoms with E-state index in [1.165, 1.54) is 12.1 Å². The summed E-state index contributed by atoms with van der Waals surface area (Å²) in [6, 6.07) is 9.06. The number of nitrogens with one attached hydrogen (secondary N) is 1. The Labute approximate surface area is 121 Å². The SMILES string of the molecule is C[C@@H]1CN[C@H](c2ccc(C(F)(F)F)cc2)c2ncccc21. The minimum Gasteiger partial charge on any atom is -0.304 e. The highest BCUT2D eigenvalue weighted by atomic mass is 19.4. The van der Waals surface area contributed by atoms with Gasteiger partial charge in [0.15, 0.2) is 0 Å². The molecule has 3 rings (SSSR count). The van der Waals surface area contributed by atoms with E-state index < -0.39 is 11.7 Å². The maximum absolute atomic E-state index is 12.6. The second-order valence-electron chi connectivity index (χ2n) is 5.34. The lowest BCUT2D eigenvalue weighted by atomic mass is 9.88.